The molecule has 0 spiro atoms. The lowest BCUT2D eigenvalue weighted by atomic mass is 9.97. The number of methoxy groups -OCH3 is 1. The van der Waals surface area contributed by atoms with Crippen LogP contribution in [0.1, 0.15) is 69.6 Å². The lowest BCUT2D eigenvalue weighted by molar-refractivity contribution is -0.126. The van der Waals surface area contributed by atoms with E-state index in [4.69, 9.17) is 20.6 Å². The minimum absolute atomic E-state index is 0.0329. The van der Waals surface area contributed by atoms with E-state index in [0.717, 1.165) is 31.5 Å². The number of unbranched alkanes of at least 4 members (excludes halogenated alkanes) is 2. The molecule has 7 heteroatoms. The molecule has 2 aliphatic heterocycles. The highest BCUT2D eigenvalue weighted by atomic mass is 16.5. The minimum Gasteiger partial charge on any atom is -0.497 e. The molecule has 0 aliphatic carbocycles. The van der Waals surface area contributed by atoms with Crippen LogP contribution in [0.15, 0.2) is 42.5 Å². The number of amides is 1. The molecule has 2 aromatic carbocycles. The van der Waals surface area contributed by atoms with Gasteiger partial charge in [-0.15, -0.1) is 0 Å². The fraction of sp³-hybridized carbons (Fsp3) is 0.500. The Morgan fingerprint density at radius 2 is 1.83 bits per heavy atom. The maximum atomic E-state index is 13.6. The molecular formula is C28H38N4O3. The maximum Gasteiger partial charge on any atom is 0.272 e. The average Bonchev–Trinajstić information content (AvgIpc) is 2.86. The summed E-state index contributed by atoms with van der Waals surface area (Å²) in [6, 6.07) is 14.1. The predicted octanol–water partition coefficient (Wildman–Crippen LogP) is 4.88. The van der Waals surface area contributed by atoms with Crippen LogP contribution in [-0.2, 0) is 4.79 Å². The molecule has 0 radical (unpaired) electrons. The smallest absolute Gasteiger partial charge is 0.272 e. The second-order valence-corrected chi connectivity index (χ2v) is 9.79. The fourth-order valence-electron chi connectivity index (χ4n) is 5.34. The first kappa shape index (κ1) is 25.0. The van der Waals surface area contributed by atoms with Crippen molar-refractivity contribution in [2.45, 2.75) is 70.6 Å². The number of amidine groups is 1. The number of anilines is 1. The number of ether oxygens (including phenoxy) is 2. The average molecular weight is 479 g/mol. The number of piperidine rings is 1. The van der Waals surface area contributed by atoms with Crippen molar-refractivity contribution in [1.82, 2.24) is 4.90 Å². The molecule has 3 atom stereocenters. The van der Waals surface area contributed by atoms with E-state index in [1.165, 1.54) is 19.3 Å². The third-order valence-corrected chi connectivity index (χ3v) is 7.37. The van der Waals surface area contributed by atoms with Gasteiger partial charge in [0.2, 0.25) is 6.10 Å². The lowest BCUT2D eigenvalue weighted by Gasteiger charge is -2.39. The van der Waals surface area contributed by atoms with E-state index in [0.29, 0.717) is 41.3 Å². The number of fused-ring (bicyclic) bond motifs is 1. The van der Waals surface area contributed by atoms with Gasteiger partial charge in [-0.1, -0.05) is 31.0 Å². The van der Waals surface area contributed by atoms with Gasteiger partial charge < -0.3 is 20.1 Å². The molecule has 0 aromatic heterocycles. The van der Waals surface area contributed by atoms with Gasteiger partial charge in [-0.25, -0.2) is 0 Å². The largest absolute Gasteiger partial charge is 0.497 e. The number of nitrogens with zero attached hydrogens (tertiary/aromatic N) is 2. The van der Waals surface area contributed by atoms with Gasteiger partial charge in [-0.2, -0.15) is 0 Å². The second-order valence-electron chi connectivity index (χ2n) is 9.79. The van der Waals surface area contributed by atoms with Crippen LogP contribution in [0.5, 0.6) is 11.5 Å². The van der Waals surface area contributed by atoms with Crippen molar-refractivity contribution in [3.63, 3.8) is 0 Å². The molecule has 0 bridgehead atoms. The first-order chi connectivity index (χ1) is 16.9. The van der Waals surface area contributed by atoms with Crippen molar-refractivity contribution in [3.05, 3.63) is 53.6 Å². The van der Waals surface area contributed by atoms with Crippen LogP contribution in [0.4, 0.5) is 5.69 Å². The Morgan fingerprint density at radius 3 is 2.54 bits per heavy atom. The molecule has 2 aliphatic rings. The number of nitrogens with two attached hydrogens (primary N) is 1. The molecule has 1 fully saturated rings. The number of nitrogens with one attached hydrogen (secondary N) is 1. The van der Waals surface area contributed by atoms with Crippen molar-refractivity contribution < 1.29 is 14.3 Å². The van der Waals surface area contributed by atoms with Gasteiger partial charge >= 0.3 is 0 Å². The summed E-state index contributed by atoms with van der Waals surface area (Å²) in [6.45, 7) is 6.42. The standard InChI is InChI=1S/C28H38N4O3/c1-19-9-7-10-20(2)31(19)15-5-4-6-16-32-24-18-23(34-3)13-14-25(24)35-26(28(32)33)21-11-8-12-22(17-21)27(29)30/h8,11-14,17-20,26H,4-7,9-10,15-16H2,1-3H3,(H3,29,30)/t19-,20+,26?. The van der Waals surface area contributed by atoms with Gasteiger partial charge in [-0.3, -0.25) is 15.1 Å². The van der Waals surface area contributed by atoms with Gasteiger partial charge in [0, 0.05) is 35.8 Å². The normalized spacial score (nSPS) is 22.4. The summed E-state index contributed by atoms with van der Waals surface area (Å²) in [7, 11) is 1.62. The predicted molar refractivity (Wildman–Crippen MR) is 140 cm³/mol. The monoisotopic (exact) mass is 478 g/mol. The summed E-state index contributed by atoms with van der Waals surface area (Å²) in [4.78, 5) is 18.1. The second kappa shape index (κ2) is 11.1. The zero-order chi connectivity index (χ0) is 24.9. The molecule has 35 heavy (non-hydrogen) atoms. The summed E-state index contributed by atoms with van der Waals surface area (Å²) in [5, 5.41) is 7.75. The van der Waals surface area contributed by atoms with Gasteiger partial charge in [0.15, 0.2) is 0 Å². The first-order valence-electron chi connectivity index (χ1n) is 12.7. The topological polar surface area (TPSA) is 91.9 Å². The Labute approximate surface area is 208 Å². The molecule has 3 N–H and O–H groups in total. The molecule has 2 heterocycles. The fourth-order valence-corrected chi connectivity index (χ4v) is 5.34. The Bertz CT molecular complexity index is 1050. The Morgan fingerprint density at radius 1 is 1.09 bits per heavy atom. The number of benzene rings is 2. The molecule has 1 unspecified atom stereocenters. The summed E-state index contributed by atoms with van der Waals surface area (Å²) >= 11 is 0. The summed E-state index contributed by atoms with van der Waals surface area (Å²) < 4.78 is 11.6. The van der Waals surface area contributed by atoms with Crippen molar-refractivity contribution in [2.75, 3.05) is 25.1 Å². The third-order valence-electron chi connectivity index (χ3n) is 7.37. The van der Waals surface area contributed by atoms with Gasteiger partial charge in [-0.05, 0) is 64.3 Å². The summed E-state index contributed by atoms with van der Waals surface area (Å²) in [6.07, 6.45) is 6.24. The van der Waals surface area contributed by atoms with Gasteiger partial charge in [0.05, 0.1) is 12.8 Å². The maximum absolute atomic E-state index is 13.6. The highest BCUT2D eigenvalue weighted by Gasteiger charge is 2.36. The zero-order valence-corrected chi connectivity index (χ0v) is 21.1. The molecule has 0 saturated carbocycles. The summed E-state index contributed by atoms with van der Waals surface area (Å²) in [5.74, 6) is 1.20. The molecule has 188 valence electrons. The Hall–Kier alpha value is -3.06. The van der Waals surface area contributed by atoms with Crippen molar-refractivity contribution >= 4 is 17.4 Å². The number of carbonyl (C=O) groups is 1. The van der Waals surface area contributed by atoms with Crippen LogP contribution in [0.2, 0.25) is 0 Å². The SMILES string of the molecule is COc1ccc2c(c1)N(CCCCCN1[C@H](C)CCC[C@@H]1C)C(=O)C(c1cccc(C(=N)N)c1)O2. The minimum atomic E-state index is -0.773. The van der Waals surface area contributed by atoms with Crippen LogP contribution in [0.3, 0.4) is 0 Å². The van der Waals surface area contributed by atoms with Crippen LogP contribution in [-0.4, -0.2) is 48.9 Å². The van der Waals surface area contributed by atoms with E-state index in [9.17, 15) is 4.79 Å². The van der Waals surface area contributed by atoms with Crippen molar-refractivity contribution in [1.29, 1.82) is 5.41 Å². The number of carbonyl (C=O) groups excluding carboxylic acids is 1. The zero-order valence-electron chi connectivity index (χ0n) is 21.1. The molecule has 4 rings (SSSR count). The van der Waals surface area contributed by atoms with Crippen LogP contribution in [0, 0.1) is 5.41 Å². The quantitative estimate of drug-likeness (QED) is 0.304. The van der Waals surface area contributed by atoms with Crippen LogP contribution in [0.25, 0.3) is 0 Å². The molecule has 2 aromatic rings. The van der Waals surface area contributed by atoms with Gasteiger partial charge in [0.25, 0.3) is 5.91 Å². The van der Waals surface area contributed by atoms with E-state index in [1.807, 2.05) is 29.2 Å². The molecule has 1 amide bonds. The molecular weight excluding hydrogens is 440 g/mol. The van der Waals surface area contributed by atoms with Crippen LogP contribution >= 0.6 is 0 Å². The highest BCUT2D eigenvalue weighted by Crippen LogP contribution is 2.41. The molecule has 1 saturated heterocycles. The Balaban J connectivity index is 1.47. The van der Waals surface area contributed by atoms with E-state index >= 15 is 0 Å². The van der Waals surface area contributed by atoms with Crippen LogP contribution < -0.4 is 20.1 Å². The third kappa shape index (κ3) is 5.61. The van der Waals surface area contributed by atoms with E-state index < -0.39 is 6.10 Å². The number of likely N-dealkylation sites (tertiary alicyclic amines) is 1. The molecule has 7 nitrogen and oxygen atoms in total. The van der Waals surface area contributed by atoms with E-state index in [1.54, 1.807) is 25.3 Å². The number of nitrogen functional groups attached to an aromatic ring is 1. The van der Waals surface area contributed by atoms with Crippen molar-refractivity contribution in [2.24, 2.45) is 5.73 Å². The Kier molecular flexibility index (Phi) is 7.96. The van der Waals surface area contributed by atoms with E-state index in [-0.39, 0.29) is 11.7 Å². The van der Waals surface area contributed by atoms with Gasteiger partial charge in [0.1, 0.15) is 17.3 Å². The van der Waals surface area contributed by atoms with Crippen molar-refractivity contribution in [3.8, 4) is 11.5 Å². The summed E-state index contributed by atoms with van der Waals surface area (Å²) in [5.41, 5.74) is 7.69. The number of rotatable bonds is 9. The lowest BCUT2D eigenvalue weighted by Crippen LogP contribution is -2.44. The number of hydrogen-bond acceptors (Lipinski definition) is 5. The number of hydrogen-bond donors (Lipinski definition) is 2. The highest BCUT2D eigenvalue weighted by molar-refractivity contribution is 6.01. The van der Waals surface area contributed by atoms with E-state index in [2.05, 4.69) is 18.7 Å². The first-order valence-corrected chi connectivity index (χ1v) is 12.7.